The maximum Gasteiger partial charge on any atom is 0.422 e. The molecule has 2 aromatic rings. The normalized spacial score (nSPS) is 19.5. The van der Waals surface area contributed by atoms with E-state index in [2.05, 4.69) is 18.2 Å². The van der Waals surface area contributed by atoms with Gasteiger partial charge in [0.1, 0.15) is 28.4 Å². The van der Waals surface area contributed by atoms with Gasteiger partial charge in [0.05, 0.1) is 31.3 Å². The van der Waals surface area contributed by atoms with Gasteiger partial charge < -0.3 is 23.7 Å². The summed E-state index contributed by atoms with van der Waals surface area (Å²) < 4.78 is 64.8. The van der Waals surface area contributed by atoms with Crippen LogP contribution in [0.2, 0.25) is 0 Å². The second-order valence-electron chi connectivity index (χ2n) is 15.7. The van der Waals surface area contributed by atoms with Gasteiger partial charge in [0.15, 0.2) is 0 Å². The molecular formula is C46H61F3O9. The van der Waals surface area contributed by atoms with Crippen molar-refractivity contribution in [3.63, 3.8) is 0 Å². The number of ether oxygens (including phenoxy) is 5. The van der Waals surface area contributed by atoms with Crippen LogP contribution in [0.1, 0.15) is 150 Å². The molecule has 2 aliphatic carbocycles. The van der Waals surface area contributed by atoms with Gasteiger partial charge in [0, 0.05) is 0 Å². The molecule has 0 heterocycles. The zero-order valence-corrected chi connectivity index (χ0v) is 34.2. The molecule has 0 atom stereocenters. The van der Waals surface area contributed by atoms with Crippen LogP contribution >= 0.6 is 0 Å². The number of carbonyl (C=O) groups is 4. The molecule has 2 saturated carbocycles. The molecule has 12 heteroatoms. The number of carbonyl (C=O) groups excluding carboxylic acids is 4. The average Bonchev–Trinajstić information content (AvgIpc) is 3.22. The van der Waals surface area contributed by atoms with Crippen LogP contribution in [0.25, 0.3) is 0 Å². The second kappa shape index (κ2) is 23.9. The SMILES string of the molecule is C=C(C(=O)OCCCCCCOC(=O)c1cc(OC(=O)c2ccc(OC(=O)C3CCC(C4CCC(CCCCC)CC4)CC3)cc2)ccc1OCCCC)C(F)(F)F. The Labute approximate surface area is 341 Å². The average molecular weight is 815 g/mol. The molecular weight excluding hydrogens is 753 g/mol. The van der Waals surface area contributed by atoms with Crippen molar-refractivity contribution in [1.29, 1.82) is 0 Å². The predicted octanol–water partition coefficient (Wildman–Crippen LogP) is 11.6. The highest BCUT2D eigenvalue weighted by Gasteiger charge is 2.38. The van der Waals surface area contributed by atoms with Crippen LogP contribution in [0.3, 0.4) is 0 Å². The zero-order valence-electron chi connectivity index (χ0n) is 34.2. The van der Waals surface area contributed by atoms with Crippen molar-refractivity contribution in [2.24, 2.45) is 23.7 Å². The van der Waals surface area contributed by atoms with Crippen LogP contribution in [-0.2, 0) is 19.1 Å². The number of hydrogen-bond acceptors (Lipinski definition) is 9. The first kappa shape index (κ1) is 46.3. The van der Waals surface area contributed by atoms with Crippen molar-refractivity contribution in [3.05, 3.63) is 65.7 Å². The van der Waals surface area contributed by atoms with Gasteiger partial charge >= 0.3 is 30.1 Å². The molecule has 58 heavy (non-hydrogen) atoms. The Balaban J connectivity index is 1.21. The molecule has 0 bridgehead atoms. The lowest BCUT2D eigenvalue weighted by molar-refractivity contribution is -0.150. The first-order valence-electron chi connectivity index (χ1n) is 21.3. The van der Waals surface area contributed by atoms with Gasteiger partial charge in [-0.15, -0.1) is 0 Å². The molecule has 2 aromatic carbocycles. The molecule has 9 nitrogen and oxygen atoms in total. The third kappa shape index (κ3) is 15.1. The summed E-state index contributed by atoms with van der Waals surface area (Å²) in [6.45, 7) is 7.22. The Morgan fingerprint density at radius 2 is 1.26 bits per heavy atom. The number of unbranched alkanes of at least 4 members (excludes halogenated alkanes) is 6. The molecule has 0 saturated heterocycles. The molecule has 0 spiro atoms. The number of halogens is 3. The molecule has 0 unspecified atom stereocenters. The number of rotatable bonds is 22. The topological polar surface area (TPSA) is 114 Å². The fourth-order valence-electron chi connectivity index (χ4n) is 7.83. The zero-order chi connectivity index (χ0) is 41.9. The predicted molar refractivity (Wildman–Crippen MR) is 214 cm³/mol. The summed E-state index contributed by atoms with van der Waals surface area (Å²) in [5, 5.41) is 0. The van der Waals surface area contributed by atoms with E-state index in [0.29, 0.717) is 44.0 Å². The third-order valence-corrected chi connectivity index (χ3v) is 11.4. The molecule has 0 radical (unpaired) electrons. The lowest BCUT2D eigenvalue weighted by Crippen LogP contribution is -2.30. The first-order chi connectivity index (χ1) is 27.9. The van der Waals surface area contributed by atoms with Gasteiger partial charge in [-0.2, -0.15) is 13.2 Å². The van der Waals surface area contributed by atoms with E-state index in [4.69, 9.17) is 18.9 Å². The van der Waals surface area contributed by atoms with Crippen LogP contribution in [-0.4, -0.2) is 49.9 Å². The third-order valence-electron chi connectivity index (χ3n) is 11.4. The van der Waals surface area contributed by atoms with E-state index in [1.54, 1.807) is 18.2 Å². The molecule has 320 valence electrons. The standard InChI is InChI=1S/C46H61F3O9/c1-4-6-10-13-33-14-16-34(17-15-33)35-18-20-36(21-19-35)43(51)57-38-24-22-37(23-25-38)44(52)58-39-26-27-41(54-28-7-5-2)40(31-39)45(53)56-30-12-9-8-11-29-55-42(50)32(3)46(47,48)49/h22-27,31,33-36H,3-21,28-30H2,1-2H3. The second-order valence-corrected chi connectivity index (χ2v) is 15.7. The number of hydrogen-bond donors (Lipinski definition) is 0. The summed E-state index contributed by atoms with van der Waals surface area (Å²) in [4.78, 5) is 50.7. The Hall–Kier alpha value is -4.35. The molecule has 0 aliphatic heterocycles. The summed E-state index contributed by atoms with van der Waals surface area (Å²) in [5.41, 5.74) is -1.24. The van der Waals surface area contributed by atoms with E-state index in [1.807, 2.05) is 6.92 Å². The minimum atomic E-state index is -4.83. The minimum absolute atomic E-state index is 0.0558. The number of benzene rings is 2. The molecule has 2 aliphatic rings. The summed E-state index contributed by atoms with van der Waals surface area (Å²) in [5.74, 6) is -0.0614. The quantitative estimate of drug-likeness (QED) is 0.0496. The van der Waals surface area contributed by atoms with Gasteiger partial charge in [0.25, 0.3) is 0 Å². The molecule has 2 fully saturated rings. The number of alkyl halides is 3. The maximum absolute atomic E-state index is 13.1. The van der Waals surface area contributed by atoms with Crippen molar-refractivity contribution >= 4 is 23.9 Å². The summed E-state index contributed by atoms with van der Waals surface area (Å²) in [7, 11) is 0. The van der Waals surface area contributed by atoms with Crippen LogP contribution in [0.4, 0.5) is 13.2 Å². The monoisotopic (exact) mass is 814 g/mol. The Kier molecular flexibility index (Phi) is 19.1. The van der Waals surface area contributed by atoms with E-state index in [0.717, 1.165) is 50.4 Å². The van der Waals surface area contributed by atoms with Crippen molar-refractivity contribution in [2.45, 2.75) is 136 Å². The van der Waals surface area contributed by atoms with E-state index >= 15 is 0 Å². The fourth-order valence-corrected chi connectivity index (χ4v) is 7.83. The van der Waals surface area contributed by atoms with Crippen LogP contribution in [0, 0.1) is 23.7 Å². The Bertz CT molecular complexity index is 1620. The van der Waals surface area contributed by atoms with Gasteiger partial charge in [0.2, 0.25) is 0 Å². The highest BCUT2D eigenvalue weighted by atomic mass is 19.4. The van der Waals surface area contributed by atoms with Gasteiger partial charge in [-0.3, -0.25) is 4.79 Å². The molecule has 0 aromatic heterocycles. The molecule has 4 rings (SSSR count). The van der Waals surface area contributed by atoms with Gasteiger partial charge in [-0.25, -0.2) is 14.4 Å². The summed E-state index contributed by atoms with van der Waals surface area (Å²) >= 11 is 0. The van der Waals surface area contributed by atoms with Crippen LogP contribution < -0.4 is 14.2 Å². The highest BCUT2D eigenvalue weighted by Crippen LogP contribution is 2.42. The van der Waals surface area contributed by atoms with E-state index in [-0.39, 0.29) is 47.7 Å². The fraction of sp³-hybridized carbons (Fsp3) is 0.609. The van der Waals surface area contributed by atoms with Gasteiger partial charge in [-0.05, 0) is 131 Å². The minimum Gasteiger partial charge on any atom is -0.493 e. The molecule has 0 N–H and O–H groups in total. The van der Waals surface area contributed by atoms with Crippen molar-refractivity contribution in [3.8, 4) is 17.2 Å². The lowest BCUT2D eigenvalue weighted by atomic mass is 9.68. The maximum atomic E-state index is 13.1. The Morgan fingerprint density at radius 3 is 1.88 bits per heavy atom. The van der Waals surface area contributed by atoms with E-state index in [1.165, 1.54) is 75.6 Å². The van der Waals surface area contributed by atoms with Crippen molar-refractivity contribution in [2.75, 3.05) is 19.8 Å². The Morgan fingerprint density at radius 1 is 0.655 bits per heavy atom. The summed E-state index contributed by atoms with van der Waals surface area (Å²) in [6.07, 6.45) is 13.3. The van der Waals surface area contributed by atoms with E-state index < -0.39 is 29.7 Å². The largest absolute Gasteiger partial charge is 0.493 e. The highest BCUT2D eigenvalue weighted by molar-refractivity contribution is 5.94. The number of esters is 4. The van der Waals surface area contributed by atoms with Crippen LogP contribution in [0.5, 0.6) is 17.2 Å². The summed E-state index contributed by atoms with van der Waals surface area (Å²) in [6, 6.07) is 10.7. The first-order valence-corrected chi connectivity index (χ1v) is 21.3. The van der Waals surface area contributed by atoms with Gasteiger partial charge in [-0.1, -0.05) is 65.4 Å². The molecule has 0 amide bonds. The van der Waals surface area contributed by atoms with E-state index in [9.17, 15) is 32.3 Å². The van der Waals surface area contributed by atoms with Crippen molar-refractivity contribution < 1.29 is 56.0 Å². The van der Waals surface area contributed by atoms with Crippen LogP contribution in [0.15, 0.2) is 54.6 Å². The van der Waals surface area contributed by atoms with Crippen molar-refractivity contribution in [1.82, 2.24) is 0 Å². The smallest absolute Gasteiger partial charge is 0.422 e. The lowest BCUT2D eigenvalue weighted by Gasteiger charge is -2.37.